The molecule has 1 rings (SSSR count). The molecule has 0 aromatic rings. The van der Waals surface area contributed by atoms with Crippen LogP contribution in [-0.4, -0.2) is 22.8 Å². The van der Waals surface area contributed by atoms with Crippen LogP contribution in [0.5, 0.6) is 0 Å². The molecule has 0 N–H and O–H groups in total. The fourth-order valence-electron chi connectivity index (χ4n) is 5.07. The highest BCUT2D eigenvalue weighted by molar-refractivity contribution is 6.02. The Labute approximate surface area is 206 Å². The summed E-state index contributed by atoms with van der Waals surface area (Å²) in [6.07, 6.45) is 28.9. The lowest BCUT2D eigenvalue weighted by Gasteiger charge is -2.27. The maximum Gasteiger partial charge on any atom is 0.230 e. The molecule has 2 amide bonds. The molecule has 0 saturated carbocycles. The second-order valence-electron chi connectivity index (χ2n) is 10.4. The number of imide groups is 1. The lowest BCUT2D eigenvalue weighted by molar-refractivity contribution is -0.140. The monoisotopic (exact) mass is 461 g/mol. The number of allylic oxidation sites excluding steroid dienone is 1. The number of carbonyl (C=O) groups is 2. The van der Waals surface area contributed by atoms with Gasteiger partial charge in [0, 0.05) is 12.8 Å². The zero-order chi connectivity index (χ0) is 24.2. The van der Waals surface area contributed by atoms with Crippen molar-refractivity contribution in [3.63, 3.8) is 0 Å². The van der Waals surface area contributed by atoms with E-state index in [0.29, 0.717) is 12.8 Å². The third-order valence-corrected chi connectivity index (χ3v) is 7.28. The van der Waals surface area contributed by atoms with Crippen LogP contribution in [0.15, 0.2) is 11.6 Å². The highest BCUT2D eigenvalue weighted by Crippen LogP contribution is 2.25. The number of carbonyl (C=O) groups excluding carboxylic acids is 2. The average molecular weight is 462 g/mol. The number of rotatable bonds is 22. The Kier molecular flexibility index (Phi) is 18.4. The maximum atomic E-state index is 12.4. The van der Waals surface area contributed by atoms with Crippen molar-refractivity contribution < 1.29 is 9.59 Å². The Balaban J connectivity index is 2.32. The summed E-state index contributed by atoms with van der Waals surface area (Å²) in [4.78, 5) is 26.4. The van der Waals surface area contributed by atoms with Gasteiger partial charge in [-0.1, -0.05) is 135 Å². The van der Waals surface area contributed by atoms with Gasteiger partial charge in [0.25, 0.3) is 0 Å². The van der Waals surface area contributed by atoms with E-state index >= 15 is 0 Å². The standard InChI is InChI=1S/C30H55NO2/c1-4-6-8-10-12-14-15-16-18-20-22-24-28(31-29(32)25-26-30(31)33)27(3)23-21-19-17-13-11-9-7-5-2/h23,28H,4-22,24-26H2,1-3H3/b27-23+. The average Bonchev–Trinajstić information content (AvgIpc) is 3.14. The van der Waals surface area contributed by atoms with Gasteiger partial charge in [0.05, 0.1) is 6.04 Å². The predicted octanol–water partition coefficient (Wildman–Crippen LogP) is 9.29. The highest BCUT2D eigenvalue weighted by atomic mass is 16.2. The number of hydrogen-bond donors (Lipinski definition) is 0. The van der Waals surface area contributed by atoms with E-state index in [0.717, 1.165) is 19.3 Å². The van der Waals surface area contributed by atoms with Gasteiger partial charge in [0.2, 0.25) is 11.8 Å². The third-order valence-electron chi connectivity index (χ3n) is 7.28. The molecule has 192 valence electrons. The SMILES string of the molecule is CCCCCCCCC/C=C(\C)C(CCCCCCCCCCCCC)N1C(=O)CCC1=O. The fourth-order valence-corrected chi connectivity index (χ4v) is 5.07. The molecule has 33 heavy (non-hydrogen) atoms. The number of nitrogens with zero attached hydrogens (tertiary/aromatic N) is 1. The number of amides is 2. The maximum absolute atomic E-state index is 12.4. The second-order valence-corrected chi connectivity index (χ2v) is 10.4. The lowest BCUT2D eigenvalue weighted by Crippen LogP contribution is -2.40. The Bertz CT molecular complexity index is 523. The van der Waals surface area contributed by atoms with E-state index in [1.165, 1.54) is 115 Å². The molecule has 3 heteroatoms. The van der Waals surface area contributed by atoms with Gasteiger partial charge in [-0.25, -0.2) is 0 Å². The molecule has 1 saturated heterocycles. The van der Waals surface area contributed by atoms with Gasteiger partial charge >= 0.3 is 0 Å². The first-order valence-corrected chi connectivity index (χ1v) is 14.6. The smallest absolute Gasteiger partial charge is 0.230 e. The molecular formula is C30H55NO2. The van der Waals surface area contributed by atoms with Crippen molar-refractivity contribution in [2.45, 2.75) is 168 Å². The van der Waals surface area contributed by atoms with Gasteiger partial charge in [0.15, 0.2) is 0 Å². The van der Waals surface area contributed by atoms with Gasteiger partial charge in [-0.3, -0.25) is 14.5 Å². The third kappa shape index (κ3) is 14.0. The Morgan fingerprint density at radius 1 is 0.667 bits per heavy atom. The summed E-state index contributed by atoms with van der Waals surface area (Å²) < 4.78 is 0. The zero-order valence-corrected chi connectivity index (χ0v) is 22.5. The van der Waals surface area contributed by atoms with Crippen LogP contribution in [0.4, 0.5) is 0 Å². The molecule has 1 unspecified atom stereocenters. The molecule has 0 aromatic heterocycles. The Hall–Kier alpha value is -1.12. The van der Waals surface area contributed by atoms with Crippen LogP contribution in [0.1, 0.15) is 162 Å². The summed E-state index contributed by atoms with van der Waals surface area (Å²) in [6.45, 7) is 6.67. The molecular weight excluding hydrogens is 406 g/mol. The predicted molar refractivity (Wildman–Crippen MR) is 142 cm³/mol. The van der Waals surface area contributed by atoms with Crippen LogP contribution < -0.4 is 0 Å². The van der Waals surface area contributed by atoms with E-state index in [4.69, 9.17) is 0 Å². The topological polar surface area (TPSA) is 37.4 Å². The van der Waals surface area contributed by atoms with Gasteiger partial charge in [-0.05, 0) is 26.2 Å². The van der Waals surface area contributed by atoms with Crippen molar-refractivity contribution in [3.05, 3.63) is 11.6 Å². The summed E-state index contributed by atoms with van der Waals surface area (Å²) in [5.74, 6) is 0.0773. The van der Waals surface area contributed by atoms with Crippen molar-refractivity contribution in [2.75, 3.05) is 0 Å². The van der Waals surface area contributed by atoms with Crippen LogP contribution in [0.25, 0.3) is 0 Å². The second kappa shape index (κ2) is 20.3. The van der Waals surface area contributed by atoms with E-state index in [1.807, 2.05) is 0 Å². The number of hydrogen-bond acceptors (Lipinski definition) is 2. The largest absolute Gasteiger partial charge is 0.275 e. The molecule has 1 aliphatic heterocycles. The Morgan fingerprint density at radius 3 is 1.52 bits per heavy atom. The first-order valence-electron chi connectivity index (χ1n) is 14.6. The molecule has 0 spiro atoms. The molecule has 0 bridgehead atoms. The van der Waals surface area contributed by atoms with Crippen LogP contribution >= 0.6 is 0 Å². The first-order chi connectivity index (χ1) is 16.1. The number of likely N-dealkylation sites (tertiary alicyclic amines) is 1. The first kappa shape index (κ1) is 29.9. The minimum atomic E-state index is -0.00406. The van der Waals surface area contributed by atoms with E-state index in [2.05, 4.69) is 26.8 Å². The fraction of sp³-hybridized carbons (Fsp3) is 0.867. The normalized spacial score (nSPS) is 15.6. The zero-order valence-electron chi connectivity index (χ0n) is 22.5. The quantitative estimate of drug-likeness (QED) is 0.0914. The van der Waals surface area contributed by atoms with Crippen LogP contribution in [-0.2, 0) is 9.59 Å². The van der Waals surface area contributed by atoms with Crippen molar-refractivity contribution in [1.82, 2.24) is 4.90 Å². The molecule has 1 fully saturated rings. The highest BCUT2D eigenvalue weighted by Gasteiger charge is 2.35. The summed E-state index contributed by atoms with van der Waals surface area (Å²) in [5, 5.41) is 0. The molecule has 0 aromatic carbocycles. The molecule has 0 radical (unpaired) electrons. The summed E-state index contributed by atoms with van der Waals surface area (Å²) in [7, 11) is 0. The van der Waals surface area contributed by atoms with Gasteiger partial charge in [-0.15, -0.1) is 0 Å². The molecule has 1 aliphatic rings. The number of unbranched alkanes of at least 4 members (excludes halogenated alkanes) is 17. The van der Waals surface area contributed by atoms with Crippen LogP contribution in [0.2, 0.25) is 0 Å². The molecule has 0 aliphatic carbocycles. The summed E-state index contributed by atoms with van der Waals surface area (Å²) in [5.41, 5.74) is 1.23. The van der Waals surface area contributed by atoms with Crippen molar-refractivity contribution >= 4 is 11.8 Å². The van der Waals surface area contributed by atoms with Crippen molar-refractivity contribution in [3.8, 4) is 0 Å². The lowest BCUT2D eigenvalue weighted by atomic mass is 9.97. The van der Waals surface area contributed by atoms with Gasteiger partial charge in [-0.2, -0.15) is 0 Å². The Morgan fingerprint density at radius 2 is 1.06 bits per heavy atom. The van der Waals surface area contributed by atoms with E-state index in [9.17, 15) is 9.59 Å². The van der Waals surface area contributed by atoms with E-state index in [1.54, 1.807) is 4.90 Å². The summed E-state index contributed by atoms with van der Waals surface area (Å²) in [6, 6.07) is -0.00406. The molecule has 3 nitrogen and oxygen atoms in total. The minimum Gasteiger partial charge on any atom is -0.275 e. The van der Waals surface area contributed by atoms with Gasteiger partial charge in [0.1, 0.15) is 0 Å². The van der Waals surface area contributed by atoms with E-state index < -0.39 is 0 Å². The van der Waals surface area contributed by atoms with Crippen LogP contribution in [0.3, 0.4) is 0 Å². The minimum absolute atomic E-state index is 0.00406. The summed E-state index contributed by atoms with van der Waals surface area (Å²) >= 11 is 0. The van der Waals surface area contributed by atoms with Crippen LogP contribution in [0, 0.1) is 0 Å². The van der Waals surface area contributed by atoms with Crippen molar-refractivity contribution in [2.24, 2.45) is 0 Å². The van der Waals surface area contributed by atoms with Crippen molar-refractivity contribution in [1.29, 1.82) is 0 Å². The molecule has 1 atom stereocenters. The van der Waals surface area contributed by atoms with Gasteiger partial charge < -0.3 is 0 Å². The van der Waals surface area contributed by atoms with E-state index in [-0.39, 0.29) is 17.9 Å². The molecule has 1 heterocycles.